The Morgan fingerprint density at radius 1 is 1.10 bits per heavy atom. The molecule has 0 saturated heterocycles. The fourth-order valence-corrected chi connectivity index (χ4v) is 2.34. The normalized spacial score (nSPS) is 21.6. The third-order valence-electron chi connectivity index (χ3n) is 3.41. The van der Waals surface area contributed by atoms with Gasteiger partial charge in [0, 0.05) is 12.8 Å². The lowest BCUT2D eigenvalue weighted by molar-refractivity contribution is -0.158. The van der Waals surface area contributed by atoms with E-state index >= 15 is 0 Å². The molecule has 0 aromatic heterocycles. The molecule has 2 atom stereocenters. The molecule has 0 unspecified atom stereocenters. The molecule has 0 spiro atoms. The van der Waals surface area contributed by atoms with Crippen LogP contribution in [0.5, 0.6) is 0 Å². The Kier molecular flexibility index (Phi) is 4.50. The highest BCUT2D eigenvalue weighted by atomic mass is 16.5. The van der Waals surface area contributed by atoms with E-state index in [9.17, 15) is 14.4 Å². The molecule has 1 saturated carbocycles. The second-order valence-corrected chi connectivity index (χ2v) is 4.78. The van der Waals surface area contributed by atoms with E-state index in [2.05, 4.69) is 4.74 Å². The lowest BCUT2D eigenvalue weighted by atomic mass is 9.96. The van der Waals surface area contributed by atoms with Crippen LogP contribution in [0, 0.1) is 11.8 Å². The molecule has 0 heterocycles. The minimum Gasteiger partial charge on any atom is -0.469 e. The van der Waals surface area contributed by atoms with Crippen LogP contribution in [0.1, 0.15) is 18.4 Å². The van der Waals surface area contributed by atoms with Crippen molar-refractivity contribution >= 4 is 17.7 Å². The molecule has 106 valence electrons. The number of hydrogen-bond donors (Lipinski definition) is 0. The number of ketones is 1. The average molecular weight is 276 g/mol. The summed E-state index contributed by atoms with van der Waals surface area (Å²) in [6.45, 7) is 0.137. The van der Waals surface area contributed by atoms with Crippen molar-refractivity contribution in [2.45, 2.75) is 19.4 Å². The molecular formula is C15H16O5. The predicted molar refractivity (Wildman–Crippen MR) is 69.5 cm³/mol. The zero-order valence-electron chi connectivity index (χ0n) is 11.2. The van der Waals surface area contributed by atoms with Crippen molar-refractivity contribution in [3.05, 3.63) is 35.9 Å². The quantitative estimate of drug-likeness (QED) is 0.779. The first kappa shape index (κ1) is 14.2. The van der Waals surface area contributed by atoms with Crippen LogP contribution in [0.25, 0.3) is 0 Å². The molecule has 1 aromatic carbocycles. The van der Waals surface area contributed by atoms with Gasteiger partial charge in [0.2, 0.25) is 0 Å². The van der Waals surface area contributed by atoms with Crippen LogP contribution in [-0.4, -0.2) is 24.8 Å². The number of ether oxygens (including phenoxy) is 2. The van der Waals surface area contributed by atoms with E-state index in [1.54, 1.807) is 0 Å². The SMILES string of the molecule is COC(=O)[C@H]1CC(=O)C[C@@H]1C(=O)OCc1ccccc1. The van der Waals surface area contributed by atoms with Gasteiger partial charge in [0.25, 0.3) is 0 Å². The van der Waals surface area contributed by atoms with Gasteiger partial charge in [0.15, 0.2) is 0 Å². The molecule has 0 aliphatic heterocycles. The molecular weight excluding hydrogens is 260 g/mol. The first-order valence-corrected chi connectivity index (χ1v) is 6.42. The van der Waals surface area contributed by atoms with Gasteiger partial charge >= 0.3 is 11.9 Å². The summed E-state index contributed by atoms with van der Waals surface area (Å²) in [4.78, 5) is 35.0. The molecule has 1 aliphatic rings. The lowest BCUT2D eigenvalue weighted by Gasteiger charge is -2.15. The van der Waals surface area contributed by atoms with Gasteiger partial charge in [0.1, 0.15) is 12.4 Å². The first-order valence-electron chi connectivity index (χ1n) is 6.42. The lowest BCUT2D eigenvalue weighted by Crippen LogP contribution is -2.27. The van der Waals surface area contributed by atoms with Crippen LogP contribution >= 0.6 is 0 Å². The maximum atomic E-state index is 12.0. The maximum Gasteiger partial charge on any atom is 0.310 e. The monoisotopic (exact) mass is 276 g/mol. The molecule has 5 nitrogen and oxygen atoms in total. The third kappa shape index (κ3) is 3.23. The van der Waals surface area contributed by atoms with Crippen molar-refractivity contribution in [1.29, 1.82) is 0 Å². The topological polar surface area (TPSA) is 69.7 Å². The zero-order valence-corrected chi connectivity index (χ0v) is 11.2. The van der Waals surface area contributed by atoms with Crippen LogP contribution < -0.4 is 0 Å². The highest BCUT2D eigenvalue weighted by molar-refractivity contribution is 5.95. The van der Waals surface area contributed by atoms with Crippen molar-refractivity contribution in [3.8, 4) is 0 Å². The minimum atomic E-state index is -0.723. The van der Waals surface area contributed by atoms with Crippen molar-refractivity contribution in [3.63, 3.8) is 0 Å². The van der Waals surface area contributed by atoms with Crippen LogP contribution in [0.2, 0.25) is 0 Å². The van der Waals surface area contributed by atoms with E-state index < -0.39 is 23.8 Å². The van der Waals surface area contributed by atoms with Gasteiger partial charge in [-0.1, -0.05) is 30.3 Å². The summed E-state index contributed by atoms with van der Waals surface area (Å²) < 4.78 is 9.81. The molecule has 0 N–H and O–H groups in total. The standard InChI is InChI=1S/C15H16O5/c1-19-14(17)12-7-11(16)8-13(12)15(18)20-9-10-5-3-2-4-6-10/h2-6,12-13H,7-9H2,1H3/t12-,13-/m0/s1. The molecule has 0 radical (unpaired) electrons. The molecule has 5 heteroatoms. The third-order valence-corrected chi connectivity index (χ3v) is 3.41. The average Bonchev–Trinajstić information content (AvgIpc) is 2.87. The molecule has 0 amide bonds. The second-order valence-electron chi connectivity index (χ2n) is 4.78. The molecule has 0 bridgehead atoms. The number of hydrogen-bond acceptors (Lipinski definition) is 5. The number of Topliss-reactive ketones (excluding diaryl/α,β-unsaturated/α-hetero) is 1. The van der Waals surface area contributed by atoms with Gasteiger partial charge in [-0.2, -0.15) is 0 Å². The van der Waals surface area contributed by atoms with Crippen molar-refractivity contribution in [1.82, 2.24) is 0 Å². The summed E-state index contributed by atoms with van der Waals surface area (Å²) in [5.74, 6) is -2.59. The van der Waals surface area contributed by atoms with Crippen molar-refractivity contribution < 1.29 is 23.9 Å². The number of methoxy groups -OCH3 is 1. The van der Waals surface area contributed by atoms with Gasteiger partial charge in [-0.3, -0.25) is 14.4 Å². The molecule has 1 fully saturated rings. The summed E-state index contributed by atoms with van der Waals surface area (Å²) in [7, 11) is 1.25. The second kappa shape index (κ2) is 6.32. The Labute approximate surface area is 116 Å². The van der Waals surface area contributed by atoms with Crippen LogP contribution in [-0.2, 0) is 30.5 Å². The molecule has 2 rings (SSSR count). The van der Waals surface area contributed by atoms with Gasteiger partial charge in [-0.15, -0.1) is 0 Å². The summed E-state index contributed by atoms with van der Waals surface area (Å²) in [6, 6.07) is 9.24. The van der Waals surface area contributed by atoms with Crippen LogP contribution in [0.15, 0.2) is 30.3 Å². The van der Waals surface area contributed by atoms with Crippen molar-refractivity contribution in [2.24, 2.45) is 11.8 Å². The summed E-state index contributed by atoms with van der Waals surface area (Å²) in [5.41, 5.74) is 0.861. The first-order chi connectivity index (χ1) is 9.61. The highest BCUT2D eigenvalue weighted by Crippen LogP contribution is 2.31. The van der Waals surface area contributed by atoms with Gasteiger partial charge in [0.05, 0.1) is 18.9 Å². The van der Waals surface area contributed by atoms with Crippen LogP contribution in [0.3, 0.4) is 0 Å². The Morgan fingerprint density at radius 3 is 2.30 bits per heavy atom. The fraction of sp³-hybridized carbons (Fsp3) is 0.400. The summed E-state index contributed by atoms with van der Waals surface area (Å²) in [5, 5.41) is 0. The minimum absolute atomic E-state index is 0.0490. The van der Waals surface area contributed by atoms with Crippen molar-refractivity contribution in [2.75, 3.05) is 7.11 Å². The zero-order chi connectivity index (χ0) is 14.5. The number of benzene rings is 1. The van der Waals surface area contributed by atoms with E-state index in [0.717, 1.165) is 5.56 Å². The van der Waals surface area contributed by atoms with Crippen LogP contribution in [0.4, 0.5) is 0 Å². The van der Waals surface area contributed by atoms with E-state index in [-0.39, 0.29) is 25.2 Å². The van der Waals surface area contributed by atoms with E-state index in [1.165, 1.54) is 7.11 Å². The van der Waals surface area contributed by atoms with E-state index in [4.69, 9.17) is 4.74 Å². The predicted octanol–water partition coefficient (Wildman–Crippen LogP) is 1.50. The Balaban J connectivity index is 1.97. The summed E-state index contributed by atoms with van der Waals surface area (Å²) in [6.07, 6.45) is 0.102. The largest absolute Gasteiger partial charge is 0.469 e. The Morgan fingerprint density at radius 2 is 1.70 bits per heavy atom. The van der Waals surface area contributed by atoms with E-state index in [1.807, 2.05) is 30.3 Å². The van der Waals surface area contributed by atoms with Gasteiger partial charge in [-0.25, -0.2) is 0 Å². The highest BCUT2D eigenvalue weighted by Gasteiger charge is 2.43. The molecule has 1 aromatic rings. The Hall–Kier alpha value is -2.17. The maximum absolute atomic E-state index is 12.0. The molecule has 1 aliphatic carbocycles. The fourth-order valence-electron chi connectivity index (χ4n) is 2.34. The Bertz CT molecular complexity index is 508. The smallest absolute Gasteiger partial charge is 0.310 e. The summed E-state index contributed by atoms with van der Waals surface area (Å²) >= 11 is 0. The van der Waals surface area contributed by atoms with Gasteiger partial charge < -0.3 is 9.47 Å². The number of carbonyl (C=O) groups is 3. The van der Waals surface area contributed by atoms with E-state index in [0.29, 0.717) is 0 Å². The number of carbonyl (C=O) groups excluding carboxylic acids is 3. The number of rotatable bonds is 4. The number of esters is 2. The molecule has 20 heavy (non-hydrogen) atoms. The van der Waals surface area contributed by atoms with Gasteiger partial charge in [-0.05, 0) is 5.56 Å².